The summed E-state index contributed by atoms with van der Waals surface area (Å²) >= 11 is 9.03. The highest BCUT2D eigenvalue weighted by atomic mass is 33.3. The average Bonchev–Trinajstić information content (AvgIpc) is 3.42. The number of rotatable bonds is 10. The summed E-state index contributed by atoms with van der Waals surface area (Å²) in [7, 11) is 11.5. The van der Waals surface area contributed by atoms with Gasteiger partial charge in [-0.1, -0.05) is 26.5 Å². The zero-order chi connectivity index (χ0) is 27.5. The van der Waals surface area contributed by atoms with Crippen LogP contribution in [-0.2, 0) is 91.4 Å². The molecule has 0 radical (unpaired) electrons. The summed E-state index contributed by atoms with van der Waals surface area (Å²) in [4.78, 5) is 43.2. The first-order chi connectivity index (χ1) is 16.4. The third-order valence-electron chi connectivity index (χ3n) is 4.76. The van der Waals surface area contributed by atoms with Crippen LogP contribution in [0.5, 0.6) is 0 Å². The van der Waals surface area contributed by atoms with E-state index in [4.69, 9.17) is 14.3 Å². The molecule has 2 atom stereocenters. The molecule has 210 valence electrons. The van der Waals surface area contributed by atoms with Crippen LogP contribution in [-0.4, -0.2) is 76.0 Å². The van der Waals surface area contributed by atoms with Crippen molar-refractivity contribution in [2.75, 3.05) is 41.5 Å². The van der Waals surface area contributed by atoms with Crippen LogP contribution in [0.25, 0.3) is 0 Å². The van der Waals surface area contributed by atoms with Gasteiger partial charge in [0, 0.05) is 95.7 Å². The fraction of sp³-hybridized carbons (Fsp3) is 0.667. The minimum Gasteiger partial charge on any atom is -0.349 e. The molecule has 0 bridgehead atoms. The Kier molecular flexibility index (Phi) is 24.6. The van der Waals surface area contributed by atoms with Crippen LogP contribution in [0.1, 0.15) is 34.1 Å². The molecule has 0 aliphatic carbocycles. The molecule has 1 aliphatic heterocycles. The molecule has 1 fully saturated rings. The first kappa shape index (κ1) is 39.8. The third kappa shape index (κ3) is 16.2. The molecule has 15 heteroatoms. The summed E-state index contributed by atoms with van der Waals surface area (Å²) < 4.78 is 10.8. The number of hydrogen-bond donors (Lipinski definition) is 0. The van der Waals surface area contributed by atoms with Crippen LogP contribution >= 0.6 is 0 Å². The Hall–Kier alpha value is -0.750. The summed E-state index contributed by atoms with van der Waals surface area (Å²) in [5, 5.41) is 2.28. The molecule has 0 aromatic rings. The van der Waals surface area contributed by atoms with Gasteiger partial charge < -0.3 is 14.3 Å². The topological polar surface area (TPSA) is 94.6 Å². The molecule has 0 aromatic heterocycles. The van der Waals surface area contributed by atoms with Gasteiger partial charge in [-0.2, -0.15) is 0 Å². The Bertz CT molecular complexity index is 848. The lowest BCUT2D eigenvalue weighted by Crippen LogP contribution is -2.37. The average molecular weight is 623 g/mol. The van der Waals surface area contributed by atoms with Crippen LogP contribution in [0.3, 0.4) is 0 Å². The van der Waals surface area contributed by atoms with E-state index in [0.717, 1.165) is 5.06 Å². The van der Waals surface area contributed by atoms with E-state index < -0.39 is 17.1 Å². The first-order valence-corrected chi connectivity index (χ1v) is 16.6. The third-order valence-corrected chi connectivity index (χ3v) is 11.4. The van der Waals surface area contributed by atoms with Gasteiger partial charge >= 0.3 is 0 Å². The summed E-state index contributed by atoms with van der Waals surface area (Å²) in [6.45, 7) is 11.9. The molecular weight excluding hydrogens is 585 g/mol. The van der Waals surface area contributed by atoms with Gasteiger partial charge in [-0.25, -0.2) is 10.1 Å². The number of carbonyl (C=O) groups excluding carboxylic acids is 3. The van der Waals surface area contributed by atoms with Crippen molar-refractivity contribution in [3.63, 3.8) is 0 Å². The second-order valence-corrected chi connectivity index (χ2v) is 14.5. The van der Waals surface area contributed by atoms with Crippen molar-refractivity contribution in [1.29, 1.82) is 0 Å². The molecule has 0 saturated carbocycles. The van der Waals surface area contributed by atoms with Crippen LogP contribution in [0, 0.1) is 10.8 Å². The molecule has 1 rings (SSSR count). The van der Waals surface area contributed by atoms with E-state index in [1.807, 2.05) is 6.92 Å². The van der Waals surface area contributed by atoms with Gasteiger partial charge in [0.2, 0.25) is 11.8 Å². The molecule has 9 nitrogen and oxygen atoms in total. The fourth-order valence-corrected chi connectivity index (χ4v) is 7.74. The second-order valence-electron chi connectivity index (χ2n) is 7.38. The quantitative estimate of drug-likeness (QED) is 0.207. The number of aldehydes is 1. The Morgan fingerprint density at radius 3 is 1.69 bits per heavy atom. The van der Waals surface area contributed by atoms with E-state index in [-0.39, 0.29) is 32.1 Å². The molecule has 1 heterocycles. The smallest absolute Gasteiger partial charge is 0.247 e. The first-order valence-electron chi connectivity index (χ1n) is 9.93. The lowest BCUT2D eigenvalue weighted by molar-refractivity contribution is -0.176. The molecule has 0 N–H and O–H groups in total. The van der Waals surface area contributed by atoms with Gasteiger partial charge in [0.1, 0.15) is 6.29 Å². The maximum absolute atomic E-state index is 11.7. The highest BCUT2D eigenvalue weighted by molar-refractivity contribution is 8.64. The van der Waals surface area contributed by atoms with Gasteiger partial charge in [0.15, 0.2) is 6.29 Å². The predicted octanol–water partition coefficient (Wildman–Crippen LogP) is 2.37. The zero-order valence-electron chi connectivity index (χ0n) is 20.8. The van der Waals surface area contributed by atoms with Crippen molar-refractivity contribution in [2.45, 2.75) is 40.4 Å². The van der Waals surface area contributed by atoms with Crippen molar-refractivity contribution in [3.05, 3.63) is 25.3 Å². The predicted molar refractivity (Wildman–Crippen MR) is 158 cm³/mol. The van der Waals surface area contributed by atoms with E-state index in [9.17, 15) is 14.4 Å². The minimum atomic E-state index is -0.802. The monoisotopic (exact) mass is 622 g/mol. The van der Waals surface area contributed by atoms with E-state index in [2.05, 4.69) is 40.4 Å². The largest absolute Gasteiger partial charge is 0.349 e. The number of allylic oxidation sites excluding steroid dienone is 1. The Morgan fingerprint density at radius 2 is 1.39 bits per heavy atom. The highest BCUT2D eigenvalue weighted by Gasteiger charge is 2.38. The van der Waals surface area contributed by atoms with Crippen LogP contribution in [0.4, 0.5) is 0 Å². The highest BCUT2D eigenvalue weighted by Crippen LogP contribution is 2.33. The Balaban J connectivity index is -0.000000491. The number of carbonyl (C=O) groups is 3. The number of hydrogen-bond acceptors (Lipinski definition) is 9. The molecule has 1 saturated heterocycles. The second kappa shape index (κ2) is 22.3. The maximum Gasteiger partial charge on any atom is 0.247 e. The lowest BCUT2D eigenvalue weighted by Gasteiger charge is -2.31. The summed E-state index contributed by atoms with van der Waals surface area (Å²) in [6, 6.07) is 0. The van der Waals surface area contributed by atoms with Crippen LogP contribution < -0.4 is 0 Å². The number of nitrogens with zero attached hydrogens (tertiary/aromatic N) is 2. The maximum atomic E-state index is 11.7. The van der Waals surface area contributed by atoms with E-state index in [1.165, 1.54) is 67.9 Å². The Labute approximate surface area is 236 Å². The van der Waals surface area contributed by atoms with Gasteiger partial charge in [0.05, 0.1) is 27.4 Å². The van der Waals surface area contributed by atoms with Crippen molar-refractivity contribution in [3.8, 4) is 0 Å². The van der Waals surface area contributed by atoms with Gasteiger partial charge in [-0.15, -0.1) is 13.2 Å². The molecular formula is C21H38N2O7S6. The number of ether oxygens (including phenoxy) is 2. The van der Waals surface area contributed by atoms with Crippen molar-refractivity contribution >= 4 is 76.0 Å². The molecule has 0 spiro atoms. The lowest BCUT2D eigenvalue weighted by atomic mass is 9.85. The van der Waals surface area contributed by atoms with Gasteiger partial charge in [-0.3, -0.25) is 19.3 Å². The van der Waals surface area contributed by atoms with E-state index in [0.29, 0.717) is 19.5 Å². The zero-order valence-corrected chi connectivity index (χ0v) is 25.7. The minimum absolute atomic E-state index is 0. The normalized spacial score (nSPS) is 15.3. The standard InChI is InChI=1S/C11H19NO4.C9H15NO3.CH4.S6/c1-5-11(2,10-15-6-7-16-10)8-9(13)12(3)14-4;1-5-9(2,7-11)6-8(12)10(3)13-4;;1-3-5-6-4-2/h5,10H,1,6-8H2,2-4H3;5,7H,1,6H2,2-4H3;1H4;/t11-;9-;;/m11../s1. The molecule has 0 unspecified atom stereocenters. The fourth-order valence-electron chi connectivity index (χ4n) is 2.25. The van der Waals surface area contributed by atoms with Gasteiger partial charge in [-0.05, 0) is 6.92 Å². The molecule has 2 amide bonds. The molecule has 36 heavy (non-hydrogen) atoms. The van der Waals surface area contributed by atoms with Crippen molar-refractivity contribution < 1.29 is 33.5 Å². The van der Waals surface area contributed by atoms with E-state index >= 15 is 0 Å². The van der Waals surface area contributed by atoms with Crippen molar-refractivity contribution in [2.24, 2.45) is 10.8 Å². The Morgan fingerprint density at radius 1 is 0.972 bits per heavy atom. The van der Waals surface area contributed by atoms with E-state index in [1.54, 1.807) is 20.0 Å². The summed E-state index contributed by atoms with van der Waals surface area (Å²) in [5.41, 5.74) is -1.33. The SMILES string of the molecule is C.C=C[C@@](C)(C=O)CC(=O)N(C)OC.C=C[C@](C)(CC(=O)N(C)OC)C1OCCO1.S=S=S=S=S=S. The molecule has 0 aromatic carbocycles. The van der Waals surface area contributed by atoms with Crippen LogP contribution in [0.2, 0.25) is 0 Å². The summed E-state index contributed by atoms with van der Waals surface area (Å²) in [6.07, 6.45) is 3.78. The van der Waals surface area contributed by atoms with Crippen LogP contribution in [0.15, 0.2) is 25.3 Å². The summed E-state index contributed by atoms with van der Waals surface area (Å²) in [5.74, 6) is -0.388. The van der Waals surface area contributed by atoms with Gasteiger partial charge in [0.25, 0.3) is 0 Å². The number of amides is 2. The number of hydroxylamine groups is 4. The molecule has 1 aliphatic rings. The van der Waals surface area contributed by atoms with Crippen molar-refractivity contribution in [1.82, 2.24) is 10.1 Å².